The highest BCUT2D eigenvalue weighted by Gasteiger charge is 2.29. The summed E-state index contributed by atoms with van der Waals surface area (Å²) in [6, 6.07) is 20.8. The van der Waals surface area contributed by atoms with Gasteiger partial charge in [-0.1, -0.05) is 54.1 Å². The van der Waals surface area contributed by atoms with Crippen molar-refractivity contribution in [1.82, 2.24) is 10.2 Å². The minimum atomic E-state index is -4.07. The van der Waals surface area contributed by atoms with Crippen LogP contribution in [-0.2, 0) is 27.9 Å². The van der Waals surface area contributed by atoms with Gasteiger partial charge in [0.05, 0.1) is 17.7 Å². The summed E-state index contributed by atoms with van der Waals surface area (Å²) in [7, 11) is -2.63. The number of halogens is 1. The van der Waals surface area contributed by atoms with Crippen molar-refractivity contribution in [2.24, 2.45) is 0 Å². The van der Waals surface area contributed by atoms with E-state index in [9.17, 15) is 13.2 Å². The standard InChI is InChI=1S/C27H30ClN3O4S/c1-35-26-14-13-23(28)17-25(26)31(36(33,34)24-7-3-2-4-8-24)20-27(32)29-18-21-9-11-22(12-10-21)19-30-15-5-6-16-30/h2-4,7-14,17H,5-6,15-16,18-20H2,1H3,(H,29,32). The number of carbonyl (C=O) groups excluding carboxylic acids is 1. The predicted octanol–water partition coefficient (Wildman–Crippen LogP) is 4.46. The molecule has 1 aliphatic rings. The zero-order valence-corrected chi connectivity index (χ0v) is 21.8. The quantitative estimate of drug-likeness (QED) is 0.421. The second kappa shape index (κ2) is 11.8. The summed E-state index contributed by atoms with van der Waals surface area (Å²) in [5.74, 6) is -0.155. The highest BCUT2D eigenvalue weighted by molar-refractivity contribution is 7.92. The minimum absolute atomic E-state index is 0.0634. The molecule has 0 spiro atoms. The number of likely N-dealkylation sites (tertiary alicyclic amines) is 1. The van der Waals surface area contributed by atoms with Crippen LogP contribution in [0.4, 0.5) is 5.69 Å². The molecule has 1 N–H and O–H groups in total. The van der Waals surface area contributed by atoms with Gasteiger partial charge in [0.15, 0.2) is 0 Å². The van der Waals surface area contributed by atoms with E-state index in [0.29, 0.717) is 10.8 Å². The number of nitrogens with one attached hydrogen (secondary N) is 1. The number of hydrogen-bond acceptors (Lipinski definition) is 5. The van der Waals surface area contributed by atoms with E-state index < -0.39 is 22.5 Å². The monoisotopic (exact) mass is 527 g/mol. The molecule has 1 amide bonds. The van der Waals surface area contributed by atoms with Gasteiger partial charge in [0.1, 0.15) is 12.3 Å². The molecule has 3 aromatic carbocycles. The molecule has 0 aromatic heterocycles. The fourth-order valence-corrected chi connectivity index (χ4v) is 5.84. The van der Waals surface area contributed by atoms with Crippen LogP contribution < -0.4 is 14.4 Å². The number of ether oxygens (including phenoxy) is 1. The van der Waals surface area contributed by atoms with E-state index in [4.69, 9.17) is 16.3 Å². The number of carbonyl (C=O) groups is 1. The van der Waals surface area contributed by atoms with Crippen molar-refractivity contribution in [2.45, 2.75) is 30.8 Å². The fourth-order valence-electron chi connectivity index (χ4n) is 4.23. The molecule has 190 valence electrons. The van der Waals surface area contributed by atoms with Crippen molar-refractivity contribution in [2.75, 3.05) is 31.0 Å². The zero-order chi connectivity index (χ0) is 25.5. The van der Waals surface area contributed by atoms with Gasteiger partial charge in [-0.3, -0.25) is 14.0 Å². The van der Waals surface area contributed by atoms with Gasteiger partial charge in [-0.15, -0.1) is 0 Å². The van der Waals surface area contributed by atoms with Crippen LogP contribution in [0, 0.1) is 0 Å². The number of rotatable bonds is 10. The number of benzene rings is 3. The molecule has 0 aliphatic carbocycles. The summed E-state index contributed by atoms with van der Waals surface area (Å²) >= 11 is 6.18. The van der Waals surface area contributed by atoms with Gasteiger partial charge in [-0.05, 0) is 67.4 Å². The topological polar surface area (TPSA) is 79.0 Å². The molecule has 1 saturated heterocycles. The molecule has 1 fully saturated rings. The summed E-state index contributed by atoms with van der Waals surface area (Å²) < 4.78 is 33.5. The van der Waals surface area contributed by atoms with E-state index in [-0.39, 0.29) is 17.1 Å². The number of nitrogens with zero attached hydrogens (tertiary/aromatic N) is 2. The van der Waals surface area contributed by atoms with E-state index in [2.05, 4.69) is 22.3 Å². The van der Waals surface area contributed by atoms with Crippen LogP contribution in [0.3, 0.4) is 0 Å². The van der Waals surface area contributed by atoms with Crippen molar-refractivity contribution in [3.05, 3.63) is 88.9 Å². The first-order valence-corrected chi connectivity index (χ1v) is 13.7. The third kappa shape index (κ3) is 6.37. The maximum absolute atomic E-state index is 13.5. The van der Waals surface area contributed by atoms with Crippen LogP contribution in [0.15, 0.2) is 77.7 Å². The molecular weight excluding hydrogens is 498 g/mol. The molecule has 1 aliphatic heterocycles. The van der Waals surface area contributed by atoms with Crippen LogP contribution in [0.5, 0.6) is 5.75 Å². The lowest BCUT2D eigenvalue weighted by Gasteiger charge is -2.26. The Hall–Kier alpha value is -3.07. The smallest absolute Gasteiger partial charge is 0.264 e. The molecule has 0 radical (unpaired) electrons. The average molecular weight is 528 g/mol. The van der Waals surface area contributed by atoms with Crippen molar-refractivity contribution in [3.8, 4) is 5.75 Å². The van der Waals surface area contributed by atoms with Crippen molar-refractivity contribution in [3.63, 3.8) is 0 Å². The molecule has 7 nitrogen and oxygen atoms in total. The fraction of sp³-hybridized carbons (Fsp3) is 0.296. The van der Waals surface area contributed by atoms with E-state index >= 15 is 0 Å². The van der Waals surface area contributed by atoms with Crippen LogP contribution in [0.1, 0.15) is 24.0 Å². The Morgan fingerprint density at radius 3 is 2.33 bits per heavy atom. The van der Waals surface area contributed by atoms with Gasteiger partial charge in [-0.25, -0.2) is 8.42 Å². The number of anilines is 1. The number of methoxy groups -OCH3 is 1. The predicted molar refractivity (Wildman–Crippen MR) is 142 cm³/mol. The van der Waals surface area contributed by atoms with Gasteiger partial charge in [0.25, 0.3) is 10.0 Å². The Labute approximate surface area is 217 Å². The SMILES string of the molecule is COc1ccc(Cl)cc1N(CC(=O)NCc1ccc(CN2CCCC2)cc1)S(=O)(=O)c1ccccc1. The van der Waals surface area contributed by atoms with Crippen LogP contribution in [0.2, 0.25) is 5.02 Å². The van der Waals surface area contributed by atoms with Crippen LogP contribution >= 0.6 is 11.6 Å². The highest BCUT2D eigenvalue weighted by Crippen LogP contribution is 2.34. The van der Waals surface area contributed by atoms with Crippen molar-refractivity contribution >= 4 is 33.2 Å². The summed E-state index contributed by atoms with van der Waals surface area (Å²) in [4.78, 5) is 15.5. The third-order valence-corrected chi connectivity index (χ3v) is 8.15. The zero-order valence-electron chi connectivity index (χ0n) is 20.2. The normalized spacial score (nSPS) is 13.9. The summed E-state index contributed by atoms with van der Waals surface area (Å²) in [6.45, 7) is 3.06. The molecule has 3 aromatic rings. The second-order valence-electron chi connectivity index (χ2n) is 8.72. The first kappa shape index (κ1) is 26.0. The number of amides is 1. The van der Waals surface area contributed by atoms with E-state index in [0.717, 1.165) is 29.5 Å². The van der Waals surface area contributed by atoms with E-state index in [1.54, 1.807) is 30.3 Å². The molecule has 0 bridgehead atoms. The minimum Gasteiger partial charge on any atom is -0.495 e. The Morgan fingerprint density at radius 1 is 1.00 bits per heavy atom. The summed E-state index contributed by atoms with van der Waals surface area (Å²) in [5.41, 5.74) is 2.36. The van der Waals surface area contributed by atoms with Gasteiger partial charge in [0, 0.05) is 18.1 Å². The largest absolute Gasteiger partial charge is 0.495 e. The van der Waals surface area contributed by atoms with Crippen LogP contribution in [-0.4, -0.2) is 46.0 Å². The molecule has 0 unspecified atom stereocenters. The van der Waals surface area contributed by atoms with Crippen molar-refractivity contribution in [1.29, 1.82) is 0 Å². The van der Waals surface area contributed by atoms with Gasteiger partial charge in [-0.2, -0.15) is 0 Å². The van der Waals surface area contributed by atoms with Gasteiger partial charge < -0.3 is 10.1 Å². The Balaban J connectivity index is 1.49. The second-order valence-corrected chi connectivity index (χ2v) is 11.0. The summed E-state index contributed by atoms with van der Waals surface area (Å²) in [5, 5.41) is 3.17. The number of hydrogen-bond donors (Lipinski definition) is 1. The average Bonchev–Trinajstić information content (AvgIpc) is 3.40. The highest BCUT2D eigenvalue weighted by atomic mass is 35.5. The van der Waals surface area contributed by atoms with Gasteiger partial charge in [0.2, 0.25) is 5.91 Å². The molecule has 0 atom stereocenters. The molecule has 4 rings (SSSR count). The first-order chi connectivity index (χ1) is 17.4. The first-order valence-electron chi connectivity index (χ1n) is 11.8. The molecule has 0 saturated carbocycles. The molecule has 1 heterocycles. The Kier molecular flexibility index (Phi) is 8.51. The lowest BCUT2D eigenvalue weighted by Crippen LogP contribution is -2.40. The number of sulfonamides is 1. The lowest BCUT2D eigenvalue weighted by atomic mass is 10.1. The maximum Gasteiger partial charge on any atom is 0.264 e. The van der Waals surface area contributed by atoms with Crippen LogP contribution in [0.25, 0.3) is 0 Å². The molecule has 9 heteroatoms. The molecular formula is C27H30ClN3O4S. The van der Waals surface area contributed by atoms with Crippen molar-refractivity contribution < 1.29 is 17.9 Å². The summed E-state index contributed by atoms with van der Waals surface area (Å²) in [6.07, 6.45) is 2.50. The Morgan fingerprint density at radius 2 is 1.67 bits per heavy atom. The third-order valence-electron chi connectivity index (χ3n) is 6.15. The Bertz CT molecular complexity index is 1280. The lowest BCUT2D eigenvalue weighted by molar-refractivity contribution is -0.119. The van der Waals surface area contributed by atoms with Gasteiger partial charge >= 0.3 is 0 Å². The van der Waals surface area contributed by atoms with E-state index in [1.165, 1.54) is 43.7 Å². The maximum atomic E-state index is 13.5. The van der Waals surface area contributed by atoms with E-state index in [1.807, 2.05) is 12.1 Å². The molecule has 36 heavy (non-hydrogen) atoms.